The van der Waals surface area contributed by atoms with Gasteiger partial charge in [-0.15, -0.1) is 0 Å². The van der Waals surface area contributed by atoms with Crippen molar-refractivity contribution < 1.29 is 4.79 Å². The van der Waals surface area contributed by atoms with Crippen LogP contribution in [0, 0.1) is 18.3 Å². The minimum atomic E-state index is -0.424. The van der Waals surface area contributed by atoms with Crippen LogP contribution >= 0.6 is 0 Å². The van der Waals surface area contributed by atoms with Crippen molar-refractivity contribution in [3.05, 3.63) is 93.4 Å². The largest absolute Gasteiger partial charge is 0.321 e. The molecule has 0 atom stereocenters. The number of rotatable bonds is 4. The summed E-state index contributed by atoms with van der Waals surface area (Å²) in [7, 11) is 0. The first-order valence-electron chi connectivity index (χ1n) is 8.00. The lowest BCUT2D eigenvalue weighted by atomic mass is 10.1. The van der Waals surface area contributed by atoms with Gasteiger partial charge >= 0.3 is 0 Å². The Morgan fingerprint density at radius 1 is 1.08 bits per heavy atom. The van der Waals surface area contributed by atoms with Gasteiger partial charge in [0.1, 0.15) is 5.69 Å². The molecule has 0 unspecified atom stereocenters. The average molecular weight is 344 g/mol. The second-order valence-electron chi connectivity index (χ2n) is 5.84. The van der Waals surface area contributed by atoms with Crippen LogP contribution in [0.25, 0.3) is 0 Å². The molecule has 0 fully saturated rings. The average Bonchev–Trinajstić information content (AvgIpc) is 2.66. The molecule has 0 saturated heterocycles. The summed E-state index contributed by atoms with van der Waals surface area (Å²) in [4.78, 5) is 24.4. The highest BCUT2D eigenvalue weighted by Gasteiger charge is 2.10. The predicted molar refractivity (Wildman–Crippen MR) is 97.9 cm³/mol. The Balaban J connectivity index is 1.79. The number of nitrogens with zero attached hydrogens (tertiary/aromatic N) is 3. The number of aromatic nitrogens is 2. The molecule has 1 amide bonds. The molecule has 3 rings (SSSR count). The molecular formula is C20H16N4O2. The maximum Gasteiger partial charge on any atom is 0.276 e. The minimum Gasteiger partial charge on any atom is -0.321 e. The summed E-state index contributed by atoms with van der Waals surface area (Å²) in [5.74, 6) is -0.424. The topological polar surface area (TPSA) is 87.8 Å². The third-order valence-electron chi connectivity index (χ3n) is 3.82. The van der Waals surface area contributed by atoms with Gasteiger partial charge < -0.3 is 5.32 Å². The van der Waals surface area contributed by atoms with Crippen molar-refractivity contribution in [2.24, 2.45) is 0 Å². The Labute approximate surface area is 150 Å². The van der Waals surface area contributed by atoms with Gasteiger partial charge in [0, 0.05) is 11.8 Å². The van der Waals surface area contributed by atoms with E-state index in [9.17, 15) is 9.59 Å². The number of hydrogen-bond acceptors (Lipinski definition) is 4. The number of anilines is 1. The summed E-state index contributed by atoms with van der Waals surface area (Å²) in [5, 5.41) is 15.7. The van der Waals surface area contributed by atoms with Gasteiger partial charge in [0.25, 0.3) is 11.5 Å². The normalized spacial score (nSPS) is 10.2. The number of nitriles is 1. The van der Waals surface area contributed by atoms with Gasteiger partial charge in [-0.1, -0.05) is 29.8 Å². The molecule has 0 aliphatic heterocycles. The van der Waals surface area contributed by atoms with E-state index in [4.69, 9.17) is 5.26 Å². The highest BCUT2D eigenvalue weighted by atomic mass is 16.2. The number of amides is 1. The first kappa shape index (κ1) is 17.1. The van der Waals surface area contributed by atoms with Crippen LogP contribution in [-0.4, -0.2) is 15.7 Å². The SMILES string of the molecule is Cc1ccc(Cn2nc(C(=O)Nc3ccc(C#N)cc3)ccc2=O)cc1. The van der Waals surface area contributed by atoms with Gasteiger partial charge in [-0.2, -0.15) is 10.4 Å². The van der Waals surface area contributed by atoms with Crippen molar-refractivity contribution in [2.45, 2.75) is 13.5 Å². The van der Waals surface area contributed by atoms with E-state index in [1.807, 2.05) is 37.3 Å². The molecule has 6 nitrogen and oxygen atoms in total. The van der Waals surface area contributed by atoms with Crippen LogP contribution < -0.4 is 10.9 Å². The lowest BCUT2D eigenvalue weighted by Gasteiger charge is -2.08. The van der Waals surface area contributed by atoms with E-state index < -0.39 is 5.91 Å². The van der Waals surface area contributed by atoms with Crippen LogP contribution in [-0.2, 0) is 6.54 Å². The maximum atomic E-state index is 12.4. The highest BCUT2D eigenvalue weighted by Crippen LogP contribution is 2.10. The molecule has 1 heterocycles. The van der Waals surface area contributed by atoms with E-state index in [1.54, 1.807) is 24.3 Å². The lowest BCUT2D eigenvalue weighted by Crippen LogP contribution is -2.26. The van der Waals surface area contributed by atoms with Crippen molar-refractivity contribution in [1.82, 2.24) is 9.78 Å². The number of hydrogen-bond donors (Lipinski definition) is 1. The number of carbonyl (C=O) groups is 1. The van der Waals surface area contributed by atoms with E-state index in [0.29, 0.717) is 11.3 Å². The predicted octanol–water partition coefficient (Wildman–Crippen LogP) is 2.72. The molecule has 0 aliphatic rings. The van der Waals surface area contributed by atoms with Crippen LogP contribution in [0.5, 0.6) is 0 Å². The molecule has 6 heteroatoms. The number of benzene rings is 2. The monoisotopic (exact) mass is 344 g/mol. The number of aryl methyl sites for hydroxylation is 1. The maximum absolute atomic E-state index is 12.4. The summed E-state index contributed by atoms with van der Waals surface area (Å²) in [6, 6.07) is 19.0. The lowest BCUT2D eigenvalue weighted by molar-refractivity contribution is 0.102. The fourth-order valence-electron chi connectivity index (χ4n) is 2.37. The quantitative estimate of drug-likeness (QED) is 0.788. The van der Waals surface area contributed by atoms with Gasteiger partial charge in [-0.3, -0.25) is 9.59 Å². The van der Waals surface area contributed by atoms with Crippen molar-refractivity contribution in [3.8, 4) is 6.07 Å². The summed E-state index contributed by atoms with van der Waals surface area (Å²) >= 11 is 0. The molecule has 3 aromatic rings. The van der Waals surface area contributed by atoms with Gasteiger partial charge in [0.2, 0.25) is 0 Å². The molecule has 2 aromatic carbocycles. The minimum absolute atomic E-state index is 0.140. The molecule has 1 aromatic heterocycles. The fraction of sp³-hybridized carbons (Fsp3) is 0.100. The molecule has 1 N–H and O–H groups in total. The van der Waals surface area contributed by atoms with Gasteiger partial charge in [-0.25, -0.2) is 4.68 Å². The Kier molecular flexibility index (Phi) is 4.90. The molecule has 0 aliphatic carbocycles. The Morgan fingerprint density at radius 2 is 1.77 bits per heavy atom. The second kappa shape index (κ2) is 7.45. The molecule has 0 bridgehead atoms. The Bertz CT molecular complexity index is 1030. The van der Waals surface area contributed by atoms with Crippen molar-refractivity contribution in [2.75, 3.05) is 5.32 Å². The molecule has 0 spiro atoms. The summed E-state index contributed by atoms with van der Waals surface area (Å²) < 4.78 is 1.26. The van der Waals surface area contributed by atoms with Crippen molar-refractivity contribution in [1.29, 1.82) is 5.26 Å². The molecule has 0 radical (unpaired) electrons. The molecule has 0 saturated carbocycles. The van der Waals surface area contributed by atoms with Crippen LogP contribution in [0.2, 0.25) is 0 Å². The van der Waals surface area contributed by atoms with E-state index in [2.05, 4.69) is 10.4 Å². The van der Waals surface area contributed by atoms with Crippen LogP contribution in [0.1, 0.15) is 27.2 Å². The Morgan fingerprint density at radius 3 is 2.42 bits per heavy atom. The summed E-state index contributed by atoms with van der Waals surface area (Å²) in [5.41, 5.74) is 2.97. The second-order valence-corrected chi connectivity index (χ2v) is 5.84. The highest BCUT2D eigenvalue weighted by molar-refractivity contribution is 6.02. The molecule has 128 valence electrons. The first-order valence-corrected chi connectivity index (χ1v) is 8.00. The number of nitrogens with one attached hydrogen (secondary N) is 1. The van der Waals surface area contributed by atoms with Crippen LogP contribution in [0.15, 0.2) is 65.5 Å². The third-order valence-corrected chi connectivity index (χ3v) is 3.82. The summed E-state index contributed by atoms with van der Waals surface area (Å²) in [6.07, 6.45) is 0. The first-order chi connectivity index (χ1) is 12.5. The summed E-state index contributed by atoms with van der Waals surface area (Å²) in [6.45, 7) is 2.28. The standard InChI is InChI=1S/C20H16N4O2/c1-14-2-4-16(5-3-14)13-24-19(25)11-10-18(23-24)20(26)22-17-8-6-15(12-21)7-9-17/h2-11H,13H2,1H3,(H,22,26). The molecular weight excluding hydrogens is 328 g/mol. The number of carbonyl (C=O) groups excluding carboxylic acids is 1. The van der Waals surface area contributed by atoms with Crippen LogP contribution in [0.3, 0.4) is 0 Å². The van der Waals surface area contributed by atoms with Crippen molar-refractivity contribution >= 4 is 11.6 Å². The zero-order valence-electron chi connectivity index (χ0n) is 14.1. The smallest absolute Gasteiger partial charge is 0.276 e. The van der Waals surface area contributed by atoms with Crippen LogP contribution in [0.4, 0.5) is 5.69 Å². The van der Waals surface area contributed by atoms with E-state index in [1.165, 1.54) is 16.8 Å². The van der Waals surface area contributed by atoms with Gasteiger partial charge in [0.15, 0.2) is 0 Å². The zero-order chi connectivity index (χ0) is 18.5. The van der Waals surface area contributed by atoms with Gasteiger partial charge in [-0.05, 0) is 42.8 Å². The molecule has 26 heavy (non-hydrogen) atoms. The fourth-order valence-corrected chi connectivity index (χ4v) is 2.37. The third kappa shape index (κ3) is 4.02. The zero-order valence-corrected chi connectivity index (χ0v) is 14.1. The van der Waals surface area contributed by atoms with E-state index >= 15 is 0 Å². The van der Waals surface area contributed by atoms with Gasteiger partial charge in [0.05, 0.1) is 18.2 Å². The van der Waals surface area contributed by atoms with E-state index in [-0.39, 0.29) is 17.8 Å². The van der Waals surface area contributed by atoms with E-state index in [0.717, 1.165) is 11.1 Å². The van der Waals surface area contributed by atoms with Crippen molar-refractivity contribution in [3.63, 3.8) is 0 Å². The Hall–Kier alpha value is -3.72.